The summed E-state index contributed by atoms with van der Waals surface area (Å²) in [7, 11) is 0. The van der Waals surface area contributed by atoms with Crippen LogP contribution in [0.3, 0.4) is 0 Å². The number of aliphatic imine (C=N–C) groups is 2. The number of nitrogens with zero attached hydrogens (tertiary/aromatic N) is 6. The molecule has 0 aromatic rings. The molecule has 0 N–H and O–H groups in total. The summed E-state index contributed by atoms with van der Waals surface area (Å²) in [4.78, 5) is 13.8. The third-order valence-electron chi connectivity index (χ3n) is 4.18. The summed E-state index contributed by atoms with van der Waals surface area (Å²) in [6.07, 6.45) is 0. The predicted octanol–water partition coefficient (Wildman–Crippen LogP) is 6.92. The molecule has 0 radical (unpaired) electrons. The van der Waals surface area contributed by atoms with Crippen LogP contribution in [0.4, 0.5) is 0 Å². The zero-order chi connectivity index (χ0) is 25.8. The van der Waals surface area contributed by atoms with E-state index < -0.39 is 0 Å². The second-order valence-corrected chi connectivity index (χ2v) is 10.7. The van der Waals surface area contributed by atoms with Crippen molar-refractivity contribution in [2.45, 2.75) is 159 Å². The second-order valence-electron chi connectivity index (χ2n) is 10.7. The molecule has 0 heterocycles. The van der Waals surface area contributed by atoms with E-state index in [9.17, 15) is 0 Å². The van der Waals surface area contributed by atoms with Gasteiger partial charge in [0.1, 0.15) is 0 Å². The standard InChI is InChI=1S/2C13H28N3.Ba/c2*1-9(2)14-13(15-10(3)4)16(11(5)6)12(7)8;/h2*9-12H,1-8H3;/q2*-1;+2. The number of hydrogen-bond acceptors (Lipinski definition) is 2. The van der Waals surface area contributed by atoms with Crippen LogP contribution in [0.25, 0.3) is 10.6 Å². The quantitative estimate of drug-likeness (QED) is 0.175. The van der Waals surface area contributed by atoms with Gasteiger partial charge in [0, 0.05) is 11.9 Å². The van der Waals surface area contributed by atoms with Crippen LogP contribution in [0.15, 0.2) is 9.98 Å². The molecule has 0 aromatic heterocycles. The Labute approximate surface area is 248 Å². The summed E-state index contributed by atoms with van der Waals surface area (Å²) in [5.41, 5.74) is 0. The molecule has 0 unspecified atom stereocenters. The molecule has 0 aromatic carbocycles. The molecular formula is C26H56BaN6. The van der Waals surface area contributed by atoms with E-state index in [-0.39, 0.29) is 73.0 Å². The molecule has 0 aliphatic carbocycles. The van der Waals surface area contributed by atoms with Crippen molar-refractivity contribution < 1.29 is 0 Å². The van der Waals surface area contributed by atoms with Crippen LogP contribution in [0, 0.1) is 0 Å². The fourth-order valence-electron chi connectivity index (χ4n) is 3.37. The minimum absolute atomic E-state index is 0. The minimum atomic E-state index is 0. The van der Waals surface area contributed by atoms with E-state index in [2.05, 4.69) is 141 Å². The van der Waals surface area contributed by atoms with Crippen molar-refractivity contribution in [1.82, 2.24) is 9.80 Å². The maximum absolute atomic E-state index is 4.64. The van der Waals surface area contributed by atoms with Crippen molar-refractivity contribution in [3.63, 3.8) is 0 Å². The minimum Gasteiger partial charge on any atom is -0.421 e. The van der Waals surface area contributed by atoms with Gasteiger partial charge in [0.15, 0.2) is 0 Å². The first-order valence-electron chi connectivity index (χ1n) is 12.6. The number of hydrogen-bond donors (Lipinski definition) is 0. The number of rotatable bonds is 8. The molecule has 0 aliphatic rings. The van der Waals surface area contributed by atoms with E-state index in [4.69, 9.17) is 0 Å². The van der Waals surface area contributed by atoms with Crippen LogP contribution in [0.1, 0.15) is 111 Å². The SMILES string of the molecule is CC(C)N=C([N-]C(C)C)N(C(C)C)C(C)C.CC(C)N=C([N-]C(C)C)N(C(C)C)C(C)C.[Ba+2]. The van der Waals surface area contributed by atoms with Crippen molar-refractivity contribution in [1.29, 1.82) is 0 Å². The molecule has 0 bridgehead atoms. The van der Waals surface area contributed by atoms with Gasteiger partial charge in [0.05, 0.1) is 0 Å². The van der Waals surface area contributed by atoms with Gasteiger partial charge < -0.3 is 30.4 Å². The maximum atomic E-state index is 4.64. The van der Waals surface area contributed by atoms with Gasteiger partial charge >= 0.3 is 48.9 Å². The van der Waals surface area contributed by atoms with Gasteiger partial charge in [-0.15, -0.1) is 0 Å². The van der Waals surface area contributed by atoms with Crippen LogP contribution in [-0.4, -0.2) is 119 Å². The van der Waals surface area contributed by atoms with E-state index >= 15 is 0 Å². The Hall–Kier alpha value is 0.111. The van der Waals surface area contributed by atoms with Crippen molar-refractivity contribution in [2.24, 2.45) is 9.98 Å². The van der Waals surface area contributed by atoms with Crippen molar-refractivity contribution >= 4 is 60.8 Å². The first-order valence-corrected chi connectivity index (χ1v) is 12.6. The fourth-order valence-corrected chi connectivity index (χ4v) is 3.37. The van der Waals surface area contributed by atoms with Crippen molar-refractivity contribution in [3.8, 4) is 0 Å². The summed E-state index contributed by atoms with van der Waals surface area (Å²) in [6.45, 7) is 34.2. The van der Waals surface area contributed by atoms with E-state index in [1.165, 1.54) is 0 Å². The molecular weight excluding hydrogens is 534 g/mol. The average Bonchev–Trinajstić information content (AvgIpc) is 2.51. The zero-order valence-electron chi connectivity index (χ0n) is 25.0. The number of guanidine groups is 2. The fraction of sp³-hybridized carbons (Fsp3) is 0.923. The Bertz CT molecular complexity index is 473. The van der Waals surface area contributed by atoms with Gasteiger partial charge in [-0.1, -0.05) is 111 Å². The van der Waals surface area contributed by atoms with Gasteiger partial charge in [-0.25, -0.2) is 0 Å². The zero-order valence-corrected chi connectivity index (χ0v) is 29.4. The van der Waals surface area contributed by atoms with Crippen LogP contribution < -0.4 is 0 Å². The molecule has 0 saturated heterocycles. The monoisotopic (exact) mass is 590 g/mol. The van der Waals surface area contributed by atoms with Gasteiger partial charge in [-0.3, -0.25) is 0 Å². The normalized spacial score (nSPS) is 12.7. The Balaban J connectivity index is -0.000000529. The van der Waals surface area contributed by atoms with Gasteiger partial charge in [0.25, 0.3) is 0 Å². The Morgan fingerprint density at radius 3 is 0.788 bits per heavy atom. The van der Waals surface area contributed by atoms with Crippen LogP contribution in [0.2, 0.25) is 0 Å². The van der Waals surface area contributed by atoms with E-state index in [1.54, 1.807) is 0 Å². The maximum Gasteiger partial charge on any atom is 2.00 e. The van der Waals surface area contributed by atoms with Gasteiger partial charge in [-0.2, -0.15) is 0 Å². The Kier molecular flexibility index (Phi) is 22.0. The Morgan fingerprint density at radius 1 is 0.455 bits per heavy atom. The Morgan fingerprint density at radius 2 is 0.667 bits per heavy atom. The molecule has 6 nitrogen and oxygen atoms in total. The predicted molar refractivity (Wildman–Crippen MR) is 152 cm³/mol. The first-order chi connectivity index (χ1) is 14.5. The van der Waals surface area contributed by atoms with Crippen LogP contribution >= 0.6 is 0 Å². The van der Waals surface area contributed by atoms with Crippen molar-refractivity contribution in [3.05, 3.63) is 10.6 Å². The third kappa shape index (κ3) is 18.1. The van der Waals surface area contributed by atoms with Gasteiger partial charge in [0.2, 0.25) is 0 Å². The van der Waals surface area contributed by atoms with Crippen molar-refractivity contribution in [2.75, 3.05) is 0 Å². The smallest absolute Gasteiger partial charge is 0.421 e. The van der Waals surface area contributed by atoms with E-state index in [0.717, 1.165) is 11.9 Å². The molecule has 33 heavy (non-hydrogen) atoms. The summed E-state index contributed by atoms with van der Waals surface area (Å²) in [5, 5.41) is 9.27. The molecule has 0 amide bonds. The molecule has 0 spiro atoms. The van der Waals surface area contributed by atoms with Crippen LogP contribution in [0.5, 0.6) is 0 Å². The summed E-state index contributed by atoms with van der Waals surface area (Å²) >= 11 is 0. The summed E-state index contributed by atoms with van der Waals surface area (Å²) < 4.78 is 0. The molecule has 0 rings (SSSR count). The first kappa shape index (κ1) is 37.7. The largest absolute Gasteiger partial charge is 2.00 e. The molecule has 7 heteroatoms. The summed E-state index contributed by atoms with van der Waals surface area (Å²) in [5.74, 6) is 1.80. The van der Waals surface area contributed by atoms with Gasteiger partial charge in [-0.05, 0) is 48.3 Å². The average molecular weight is 590 g/mol. The molecule has 0 saturated carbocycles. The van der Waals surface area contributed by atoms with Crippen LogP contribution in [-0.2, 0) is 0 Å². The third-order valence-corrected chi connectivity index (χ3v) is 4.18. The molecule has 192 valence electrons. The second kappa shape index (κ2) is 19.3. The van der Waals surface area contributed by atoms with E-state index in [1.807, 2.05) is 0 Å². The molecule has 0 aliphatic heterocycles. The van der Waals surface area contributed by atoms with E-state index in [0.29, 0.717) is 24.2 Å². The summed E-state index contributed by atoms with van der Waals surface area (Å²) in [6, 6.07) is 2.88. The topological polar surface area (TPSA) is 59.4 Å². The molecule has 0 fully saturated rings. The molecule has 0 atom stereocenters.